The van der Waals surface area contributed by atoms with E-state index < -0.39 is 64.6 Å². The molecule has 0 spiro atoms. The molecule has 2 heterocycles. The SMILES string of the molecule is [2H]C([2H])(OP(=O)(O)OP(=O)(O)OP(=O)(O)O)[C@H]1O[C@@H](n2ncc(=O)[nH]c2=O)C(Cl)(C#CC)[C@H]1O. The lowest BCUT2D eigenvalue weighted by atomic mass is 9.99. The van der Waals surface area contributed by atoms with Crippen molar-refractivity contribution in [3.05, 3.63) is 27.0 Å². The zero-order chi connectivity index (χ0) is 26.3. The minimum Gasteiger partial charge on any atom is -0.387 e. The van der Waals surface area contributed by atoms with Crippen molar-refractivity contribution in [3.63, 3.8) is 0 Å². The predicted molar refractivity (Wildman–Crippen MR) is 101 cm³/mol. The third kappa shape index (κ3) is 6.66. The lowest BCUT2D eigenvalue weighted by Crippen LogP contribution is -2.45. The van der Waals surface area contributed by atoms with Gasteiger partial charge in [-0.2, -0.15) is 18.4 Å². The van der Waals surface area contributed by atoms with Crippen molar-refractivity contribution in [1.29, 1.82) is 0 Å². The van der Waals surface area contributed by atoms with Crippen molar-refractivity contribution in [3.8, 4) is 11.8 Å². The molecule has 1 aliphatic heterocycles. The van der Waals surface area contributed by atoms with E-state index in [-0.39, 0.29) is 0 Å². The Balaban J connectivity index is 2.41. The van der Waals surface area contributed by atoms with Crippen LogP contribution in [0.3, 0.4) is 0 Å². The number of nitrogens with one attached hydrogen (secondary N) is 1. The number of hydrogen-bond acceptors (Lipinski definition) is 11. The maximum Gasteiger partial charge on any atom is 0.490 e. The average Bonchev–Trinajstić information content (AvgIpc) is 2.83. The summed E-state index contributed by atoms with van der Waals surface area (Å²) in [4.78, 5) is 58.7. The fraction of sp³-hybridized carbons (Fsp3) is 0.545. The van der Waals surface area contributed by atoms with Gasteiger partial charge in [-0.3, -0.25) is 14.3 Å². The van der Waals surface area contributed by atoms with Crippen molar-refractivity contribution >= 4 is 35.1 Å². The summed E-state index contributed by atoms with van der Waals surface area (Å²) < 4.78 is 66.5. The van der Waals surface area contributed by atoms with Gasteiger partial charge >= 0.3 is 29.2 Å². The summed E-state index contributed by atoms with van der Waals surface area (Å²) in [5.41, 5.74) is -2.15. The molecule has 1 saturated heterocycles. The topological polar surface area (TPSA) is 257 Å². The largest absolute Gasteiger partial charge is 0.490 e. The lowest BCUT2D eigenvalue weighted by Gasteiger charge is -2.24. The number of nitrogens with zero attached hydrogens (tertiary/aromatic N) is 2. The van der Waals surface area contributed by atoms with Crippen molar-refractivity contribution in [2.45, 2.75) is 30.2 Å². The first kappa shape index (κ1) is 23.9. The molecule has 0 aliphatic carbocycles. The molecular weight excluding hydrogens is 527 g/mol. The quantitative estimate of drug-likeness (QED) is 0.124. The average molecular weight is 544 g/mol. The van der Waals surface area contributed by atoms with Gasteiger partial charge < -0.3 is 29.4 Å². The van der Waals surface area contributed by atoms with Crippen LogP contribution in [0.1, 0.15) is 15.9 Å². The maximum absolute atomic E-state index is 12.1. The van der Waals surface area contributed by atoms with Gasteiger partial charge in [0.05, 0.1) is 9.30 Å². The summed E-state index contributed by atoms with van der Waals surface area (Å²) in [7, 11) is -17.7. The first-order valence-electron chi connectivity index (χ1n) is 8.72. The standard InChI is InChI=1S/C11H15ClN3O14P3/c1-2-3-11(12)8(17)6(27-9(11)15-10(18)14-7(16)4-13-15)5-26-31(22,23)29-32(24,25)28-30(19,20)21/h4,6,8-9,17H,5H2,1H3,(H,22,23)(H,24,25)(H,14,16,18)(H2,19,20,21)/t6-,8+,9-,11?/m1/s1/i5D2. The Hall–Kier alpha value is -1.21. The highest BCUT2D eigenvalue weighted by Crippen LogP contribution is 2.66. The second-order valence-electron chi connectivity index (χ2n) is 5.68. The predicted octanol–water partition coefficient (Wildman–Crippen LogP) is -1.47. The van der Waals surface area contributed by atoms with Gasteiger partial charge in [-0.05, 0) is 6.92 Å². The van der Waals surface area contributed by atoms with Gasteiger partial charge in [0.25, 0.3) is 5.56 Å². The normalized spacial score (nSPS) is 30.9. The molecule has 1 aromatic rings. The third-order valence-corrected chi connectivity index (χ3v) is 7.50. The van der Waals surface area contributed by atoms with E-state index in [4.69, 9.17) is 28.9 Å². The number of phosphoric acid groups is 3. The molecular formula is C11H15ClN3O14P3. The van der Waals surface area contributed by atoms with Crippen molar-refractivity contribution in [2.24, 2.45) is 0 Å². The van der Waals surface area contributed by atoms with Crippen LogP contribution in [0.25, 0.3) is 0 Å². The molecule has 1 aromatic heterocycles. The van der Waals surface area contributed by atoms with Gasteiger partial charge in [0.15, 0.2) is 11.1 Å². The molecule has 2 rings (SSSR count). The van der Waals surface area contributed by atoms with Crippen LogP contribution >= 0.6 is 35.1 Å². The van der Waals surface area contributed by atoms with E-state index in [0.29, 0.717) is 10.9 Å². The van der Waals surface area contributed by atoms with E-state index >= 15 is 0 Å². The summed E-state index contributed by atoms with van der Waals surface area (Å²) in [6.07, 6.45) is -5.94. The molecule has 3 unspecified atom stereocenters. The number of aliphatic hydroxyl groups is 1. The first-order chi connectivity index (χ1) is 15.2. The highest BCUT2D eigenvalue weighted by molar-refractivity contribution is 7.66. The molecule has 1 aliphatic rings. The third-order valence-electron chi connectivity index (χ3n) is 3.33. The molecule has 0 aromatic carbocycles. The molecule has 6 atom stereocenters. The number of hydrogen-bond donors (Lipinski definition) is 6. The highest BCUT2D eigenvalue weighted by Gasteiger charge is 2.57. The molecule has 0 amide bonds. The van der Waals surface area contributed by atoms with E-state index in [1.54, 1.807) is 4.98 Å². The van der Waals surface area contributed by atoms with Crippen LogP contribution in [0.2, 0.25) is 0 Å². The zero-order valence-corrected chi connectivity index (χ0v) is 18.8. The molecule has 1 fully saturated rings. The Morgan fingerprint density at radius 3 is 2.47 bits per heavy atom. The molecule has 0 bridgehead atoms. The van der Waals surface area contributed by atoms with Gasteiger partial charge in [0, 0.05) is 0 Å². The summed E-state index contributed by atoms with van der Waals surface area (Å²) >= 11 is 6.27. The Morgan fingerprint density at radius 1 is 1.31 bits per heavy atom. The number of aliphatic hydroxyl groups excluding tert-OH is 1. The number of alkyl halides is 1. The Labute approximate surface area is 185 Å². The monoisotopic (exact) mass is 543 g/mol. The fourth-order valence-electron chi connectivity index (χ4n) is 2.28. The van der Waals surface area contributed by atoms with E-state index in [0.717, 1.165) is 0 Å². The van der Waals surface area contributed by atoms with Crippen LogP contribution < -0.4 is 11.2 Å². The fourth-order valence-corrected chi connectivity index (χ4v) is 5.51. The minimum atomic E-state index is -6.02. The zero-order valence-electron chi connectivity index (χ0n) is 17.3. The van der Waals surface area contributed by atoms with Crippen LogP contribution in [0.5, 0.6) is 0 Å². The van der Waals surface area contributed by atoms with E-state index in [1.807, 2.05) is 0 Å². The summed E-state index contributed by atoms with van der Waals surface area (Å²) in [5.74, 6) is 4.56. The Bertz CT molecular complexity index is 1270. The summed E-state index contributed by atoms with van der Waals surface area (Å²) in [6, 6.07) is 0. The molecule has 0 radical (unpaired) electrons. The van der Waals surface area contributed by atoms with Crippen molar-refractivity contribution < 1.29 is 59.0 Å². The summed E-state index contributed by atoms with van der Waals surface area (Å²) in [5, 5.41) is 14.1. The molecule has 32 heavy (non-hydrogen) atoms. The van der Waals surface area contributed by atoms with Crippen LogP contribution in [0.4, 0.5) is 0 Å². The minimum absolute atomic E-state index is 0.378. The number of aromatic amines is 1. The second kappa shape index (κ2) is 9.57. The number of aromatic nitrogens is 3. The maximum atomic E-state index is 12.1. The van der Waals surface area contributed by atoms with Gasteiger partial charge in [-0.25, -0.2) is 18.5 Å². The van der Waals surface area contributed by atoms with E-state index in [1.165, 1.54) is 6.92 Å². The van der Waals surface area contributed by atoms with Crippen LogP contribution in [0, 0.1) is 11.8 Å². The molecule has 21 heteroatoms. The van der Waals surface area contributed by atoms with Gasteiger partial charge in [0.1, 0.15) is 18.4 Å². The van der Waals surface area contributed by atoms with Crippen LogP contribution in [-0.2, 0) is 31.6 Å². The molecule has 0 saturated carbocycles. The smallest absolute Gasteiger partial charge is 0.387 e. The summed E-state index contributed by atoms with van der Waals surface area (Å²) in [6.45, 7) is -2.38. The van der Waals surface area contributed by atoms with Gasteiger partial charge in [-0.15, -0.1) is 5.92 Å². The Morgan fingerprint density at radius 2 is 1.94 bits per heavy atom. The van der Waals surface area contributed by atoms with Gasteiger partial charge in [-0.1, -0.05) is 17.5 Å². The number of phosphoric ester groups is 1. The highest BCUT2D eigenvalue weighted by atomic mass is 35.5. The Kier molecular flexibility index (Phi) is 7.16. The van der Waals surface area contributed by atoms with Gasteiger partial charge in [0.2, 0.25) is 0 Å². The van der Waals surface area contributed by atoms with Crippen LogP contribution in [-0.4, -0.2) is 63.1 Å². The van der Waals surface area contributed by atoms with E-state index in [2.05, 4.69) is 30.1 Å². The number of rotatable bonds is 8. The van der Waals surface area contributed by atoms with Crippen molar-refractivity contribution in [2.75, 3.05) is 6.56 Å². The molecule has 17 nitrogen and oxygen atoms in total. The van der Waals surface area contributed by atoms with E-state index in [9.17, 15) is 38.2 Å². The second-order valence-corrected chi connectivity index (χ2v) is 10.7. The number of halogens is 1. The lowest BCUT2D eigenvalue weighted by molar-refractivity contribution is -0.0504. The first-order valence-corrected chi connectivity index (χ1v) is 12.6. The number of ether oxygens (including phenoxy) is 1. The molecule has 6 N–H and O–H groups in total. The van der Waals surface area contributed by atoms with Crippen molar-refractivity contribution in [1.82, 2.24) is 14.8 Å². The van der Waals surface area contributed by atoms with Crippen LogP contribution in [0.15, 0.2) is 15.8 Å². The number of H-pyrrole nitrogens is 1. The molecule has 180 valence electrons.